The van der Waals surface area contributed by atoms with Crippen molar-refractivity contribution in [3.63, 3.8) is 0 Å². The number of benzene rings is 1. The first-order valence-corrected chi connectivity index (χ1v) is 8.42. The third-order valence-electron chi connectivity index (χ3n) is 3.28. The molecule has 0 atom stereocenters. The van der Waals surface area contributed by atoms with Gasteiger partial charge in [-0.1, -0.05) is 6.07 Å². The summed E-state index contributed by atoms with van der Waals surface area (Å²) < 4.78 is 0. The average Bonchev–Trinajstić information content (AvgIpc) is 3.17. The number of nitro groups is 1. The van der Waals surface area contributed by atoms with E-state index in [-0.39, 0.29) is 10.6 Å². The fourth-order valence-electron chi connectivity index (χ4n) is 2.11. The molecule has 0 radical (unpaired) electrons. The molecule has 112 valence electrons. The summed E-state index contributed by atoms with van der Waals surface area (Å²) in [6, 6.07) is 7.09. The molecule has 22 heavy (non-hydrogen) atoms. The molecule has 0 unspecified atom stereocenters. The van der Waals surface area contributed by atoms with E-state index in [1.807, 2.05) is 22.9 Å². The topological polar surface area (TPSA) is 68.1 Å². The zero-order valence-corrected chi connectivity index (χ0v) is 13.4. The first-order chi connectivity index (χ1) is 10.6. The highest BCUT2D eigenvalue weighted by molar-refractivity contribution is 7.14. The predicted octanol–water partition coefficient (Wildman–Crippen LogP) is 4.70. The molecular weight excluding hydrogens is 318 g/mol. The summed E-state index contributed by atoms with van der Waals surface area (Å²) in [7, 11) is 0. The first-order valence-electron chi connectivity index (χ1n) is 6.60. The second-order valence-corrected chi connectivity index (χ2v) is 6.35. The van der Waals surface area contributed by atoms with Crippen LogP contribution in [0.1, 0.15) is 11.3 Å². The minimum absolute atomic E-state index is 0.127. The maximum atomic E-state index is 11.0. The predicted molar refractivity (Wildman–Crippen MR) is 90.6 cm³/mol. The lowest BCUT2D eigenvalue weighted by molar-refractivity contribution is -0.385. The zero-order chi connectivity index (χ0) is 15.5. The Labute approximate surface area is 135 Å². The minimum atomic E-state index is -0.363. The van der Waals surface area contributed by atoms with Crippen LogP contribution >= 0.6 is 22.7 Å². The van der Waals surface area contributed by atoms with E-state index in [1.165, 1.54) is 6.07 Å². The van der Waals surface area contributed by atoms with Gasteiger partial charge in [0, 0.05) is 33.6 Å². The number of aromatic nitrogens is 1. The van der Waals surface area contributed by atoms with E-state index in [9.17, 15) is 10.1 Å². The standard InChI is InChI=1S/C15H13N3O2S2/c1-10-13(3-2-4-14(10)18(19)20)16-7-12-9-22-15(17-12)11-5-6-21-8-11/h2-6,8-9,16H,7H2,1H3. The molecular formula is C15H13N3O2S2. The van der Waals surface area contributed by atoms with Gasteiger partial charge in [0.15, 0.2) is 0 Å². The minimum Gasteiger partial charge on any atom is -0.379 e. The molecule has 2 aromatic heterocycles. The van der Waals surface area contributed by atoms with E-state index in [1.54, 1.807) is 35.7 Å². The lowest BCUT2D eigenvalue weighted by Gasteiger charge is -2.08. The summed E-state index contributed by atoms with van der Waals surface area (Å²) in [6.45, 7) is 2.29. The number of nitro benzene ring substituents is 1. The van der Waals surface area contributed by atoms with Gasteiger partial charge in [0.05, 0.1) is 17.2 Å². The molecule has 0 aliphatic carbocycles. The van der Waals surface area contributed by atoms with Crippen LogP contribution in [0.4, 0.5) is 11.4 Å². The van der Waals surface area contributed by atoms with E-state index in [0.29, 0.717) is 12.1 Å². The largest absolute Gasteiger partial charge is 0.379 e. The second kappa shape index (κ2) is 6.25. The van der Waals surface area contributed by atoms with Gasteiger partial charge in [-0.25, -0.2) is 4.98 Å². The van der Waals surface area contributed by atoms with Gasteiger partial charge in [0.2, 0.25) is 0 Å². The van der Waals surface area contributed by atoms with Gasteiger partial charge in [-0.3, -0.25) is 10.1 Å². The number of nitrogens with one attached hydrogen (secondary N) is 1. The fourth-order valence-corrected chi connectivity index (χ4v) is 3.64. The molecule has 0 saturated heterocycles. The van der Waals surface area contributed by atoms with E-state index >= 15 is 0 Å². The highest BCUT2D eigenvalue weighted by Gasteiger charge is 2.13. The van der Waals surface area contributed by atoms with Gasteiger partial charge in [-0.05, 0) is 24.4 Å². The summed E-state index contributed by atoms with van der Waals surface area (Å²) in [5, 5.41) is 21.3. The summed E-state index contributed by atoms with van der Waals surface area (Å²) in [4.78, 5) is 15.2. The summed E-state index contributed by atoms with van der Waals surface area (Å²) in [5.41, 5.74) is 3.59. The average molecular weight is 331 g/mol. The summed E-state index contributed by atoms with van der Waals surface area (Å²) in [5.74, 6) is 0. The second-order valence-electron chi connectivity index (χ2n) is 4.72. The summed E-state index contributed by atoms with van der Waals surface area (Å²) >= 11 is 3.25. The fraction of sp³-hybridized carbons (Fsp3) is 0.133. The van der Waals surface area contributed by atoms with Crippen molar-refractivity contribution in [3.05, 3.63) is 61.8 Å². The van der Waals surface area contributed by atoms with Crippen molar-refractivity contribution < 1.29 is 4.92 Å². The van der Waals surface area contributed by atoms with Crippen LogP contribution in [0.3, 0.4) is 0 Å². The number of thiazole rings is 1. The number of thiophene rings is 1. The highest BCUT2D eigenvalue weighted by Crippen LogP contribution is 2.28. The van der Waals surface area contributed by atoms with Crippen LogP contribution in [0.25, 0.3) is 10.6 Å². The van der Waals surface area contributed by atoms with E-state index in [2.05, 4.69) is 15.7 Å². The van der Waals surface area contributed by atoms with Crippen molar-refractivity contribution >= 4 is 34.0 Å². The molecule has 2 heterocycles. The normalized spacial score (nSPS) is 10.6. The first kappa shape index (κ1) is 14.7. The van der Waals surface area contributed by atoms with Crippen LogP contribution in [0.15, 0.2) is 40.4 Å². The van der Waals surface area contributed by atoms with Gasteiger partial charge < -0.3 is 5.32 Å². The number of nitrogens with zero attached hydrogens (tertiary/aromatic N) is 2. The van der Waals surface area contributed by atoms with Crippen molar-refractivity contribution in [1.29, 1.82) is 0 Å². The van der Waals surface area contributed by atoms with Crippen LogP contribution in [0.5, 0.6) is 0 Å². The third-order valence-corrected chi connectivity index (χ3v) is 4.91. The Kier molecular flexibility index (Phi) is 4.17. The lowest BCUT2D eigenvalue weighted by Crippen LogP contribution is -2.03. The van der Waals surface area contributed by atoms with Crippen molar-refractivity contribution in [2.75, 3.05) is 5.32 Å². The molecule has 0 aliphatic heterocycles. The van der Waals surface area contributed by atoms with Gasteiger partial charge in [-0.15, -0.1) is 11.3 Å². The number of rotatable bonds is 5. The van der Waals surface area contributed by atoms with E-state index in [4.69, 9.17) is 0 Å². The van der Waals surface area contributed by atoms with Gasteiger partial charge >= 0.3 is 0 Å². The van der Waals surface area contributed by atoms with Gasteiger partial charge in [0.25, 0.3) is 5.69 Å². The molecule has 1 aromatic carbocycles. The molecule has 3 aromatic rings. The molecule has 0 amide bonds. The SMILES string of the molecule is Cc1c(NCc2csc(-c3ccsc3)n2)cccc1[N+](=O)[O-]. The molecule has 0 aliphatic rings. The van der Waals surface area contributed by atoms with Crippen LogP contribution in [-0.4, -0.2) is 9.91 Å². The van der Waals surface area contributed by atoms with E-state index < -0.39 is 0 Å². The molecule has 5 nitrogen and oxygen atoms in total. The molecule has 0 bridgehead atoms. The van der Waals surface area contributed by atoms with Crippen LogP contribution in [0, 0.1) is 17.0 Å². The quantitative estimate of drug-likeness (QED) is 0.543. The van der Waals surface area contributed by atoms with E-state index in [0.717, 1.165) is 22.0 Å². The molecule has 0 saturated carbocycles. The van der Waals surface area contributed by atoms with Crippen LogP contribution in [-0.2, 0) is 6.54 Å². The summed E-state index contributed by atoms with van der Waals surface area (Å²) in [6.07, 6.45) is 0. The van der Waals surface area contributed by atoms with Crippen LogP contribution in [0.2, 0.25) is 0 Å². The van der Waals surface area contributed by atoms with Crippen molar-refractivity contribution in [2.24, 2.45) is 0 Å². The Morgan fingerprint density at radius 1 is 1.32 bits per heavy atom. The van der Waals surface area contributed by atoms with Crippen molar-refractivity contribution in [2.45, 2.75) is 13.5 Å². The molecule has 0 fully saturated rings. The molecule has 1 N–H and O–H groups in total. The molecule has 7 heteroatoms. The Morgan fingerprint density at radius 3 is 2.91 bits per heavy atom. The zero-order valence-electron chi connectivity index (χ0n) is 11.8. The maximum Gasteiger partial charge on any atom is 0.274 e. The lowest BCUT2D eigenvalue weighted by atomic mass is 10.1. The molecule has 3 rings (SSSR count). The molecule has 0 spiro atoms. The Bertz CT molecular complexity index is 797. The Balaban J connectivity index is 1.73. The Morgan fingerprint density at radius 2 is 2.18 bits per heavy atom. The smallest absolute Gasteiger partial charge is 0.274 e. The highest BCUT2D eigenvalue weighted by atomic mass is 32.1. The number of anilines is 1. The third kappa shape index (κ3) is 3.00. The Hall–Kier alpha value is -2.25. The maximum absolute atomic E-state index is 11.0. The van der Waals surface area contributed by atoms with Crippen molar-refractivity contribution in [1.82, 2.24) is 4.98 Å². The van der Waals surface area contributed by atoms with Crippen LogP contribution < -0.4 is 5.32 Å². The van der Waals surface area contributed by atoms with Gasteiger partial charge in [0.1, 0.15) is 5.01 Å². The van der Waals surface area contributed by atoms with Gasteiger partial charge in [-0.2, -0.15) is 11.3 Å². The monoisotopic (exact) mass is 331 g/mol. The number of hydrogen-bond acceptors (Lipinski definition) is 6. The number of hydrogen-bond donors (Lipinski definition) is 1. The van der Waals surface area contributed by atoms with Crippen molar-refractivity contribution in [3.8, 4) is 10.6 Å².